The van der Waals surface area contributed by atoms with Gasteiger partial charge in [-0.1, -0.05) is 0 Å². The van der Waals surface area contributed by atoms with E-state index in [9.17, 15) is 0 Å². The van der Waals surface area contributed by atoms with Crippen molar-refractivity contribution in [3.63, 3.8) is 0 Å². The molecule has 1 heterocycles. The van der Waals surface area contributed by atoms with Crippen LogP contribution in [0.1, 0.15) is 0 Å². The third-order valence-corrected chi connectivity index (χ3v) is 3.20. The van der Waals surface area contributed by atoms with Crippen molar-refractivity contribution >= 4 is 11.4 Å². The molecular weight excluding hydrogens is 230 g/mol. The summed E-state index contributed by atoms with van der Waals surface area (Å²) >= 11 is 0. The fourth-order valence-corrected chi connectivity index (χ4v) is 2.03. The van der Waals surface area contributed by atoms with Gasteiger partial charge in [0, 0.05) is 45.0 Å². The molecule has 5 heteroatoms. The highest BCUT2D eigenvalue weighted by Crippen LogP contribution is 2.28. The van der Waals surface area contributed by atoms with Gasteiger partial charge >= 0.3 is 0 Å². The molecule has 0 aromatic heterocycles. The van der Waals surface area contributed by atoms with Crippen LogP contribution < -0.4 is 15.4 Å². The molecule has 0 aliphatic carbocycles. The number of likely N-dealkylation sites (N-methyl/N-ethyl adjacent to an activating group) is 1. The lowest BCUT2D eigenvalue weighted by Gasteiger charge is -2.34. The molecule has 1 fully saturated rings. The Balaban J connectivity index is 2.08. The van der Waals surface area contributed by atoms with Gasteiger partial charge in [0.15, 0.2) is 6.79 Å². The van der Waals surface area contributed by atoms with Crippen LogP contribution in [0, 0.1) is 0 Å². The normalized spacial score (nSPS) is 16.9. The highest BCUT2D eigenvalue weighted by Gasteiger charge is 2.15. The van der Waals surface area contributed by atoms with Gasteiger partial charge in [-0.2, -0.15) is 0 Å². The predicted molar refractivity (Wildman–Crippen MR) is 73.1 cm³/mol. The first-order valence-corrected chi connectivity index (χ1v) is 6.15. The Bertz CT molecular complexity index is 390. The second-order valence-electron chi connectivity index (χ2n) is 4.56. The van der Waals surface area contributed by atoms with E-state index in [4.69, 9.17) is 15.2 Å². The fraction of sp³-hybridized carbons (Fsp3) is 0.538. The SMILES string of the molecule is COCOc1cc(N2CCN(C)CC2)ccc1N. The van der Waals surface area contributed by atoms with E-state index in [1.54, 1.807) is 7.11 Å². The lowest BCUT2D eigenvalue weighted by atomic mass is 10.2. The third-order valence-electron chi connectivity index (χ3n) is 3.20. The molecule has 0 radical (unpaired) electrons. The summed E-state index contributed by atoms with van der Waals surface area (Å²) in [6.07, 6.45) is 0. The molecule has 0 saturated carbocycles. The molecule has 100 valence electrons. The van der Waals surface area contributed by atoms with Crippen molar-refractivity contribution in [2.45, 2.75) is 0 Å². The predicted octanol–water partition coefficient (Wildman–Crippen LogP) is 1.00. The summed E-state index contributed by atoms with van der Waals surface area (Å²) in [7, 11) is 3.74. The van der Waals surface area contributed by atoms with Gasteiger partial charge in [0.1, 0.15) is 5.75 Å². The minimum absolute atomic E-state index is 0.219. The maximum Gasteiger partial charge on any atom is 0.188 e. The van der Waals surface area contributed by atoms with Crippen molar-refractivity contribution < 1.29 is 9.47 Å². The third kappa shape index (κ3) is 3.05. The quantitative estimate of drug-likeness (QED) is 0.639. The number of piperazine rings is 1. The zero-order valence-corrected chi connectivity index (χ0v) is 11.1. The Morgan fingerprint density at radius 2 is 1.94 bits per heavy atom. The second kappa shape index (κ2) is 5.93. The second-order valence-corrected chi connectivity index (χ2v) is 4.56. The lowest BCUT2D eigenvalue weighted by Crippen LogP contribution is -2.44. The van der Waals surface area contributed by atoms with Crippen LogP contribution in [0.5, 0.6) is 5.75 Å². The molecule has 0 spiro atoms. The monoisotopic (exact) mass is 251 g/mol. The van der Waals surface area contributed by atoms with E-state index in [0.29, 0.717) is 11.4 Å². The molecule has 0 amide bonds. The van der Waals surface area contributed by atoms with Crippen LogP contribution in [0.4, 0.5) is 11.4 Å². The van der Waals surface area contributed by atoms with Gasteiger partial charge in [-0.15, -0.1) is 0 Å². The van der Waals surface area contributed by atoms with Gasteiger partial charge < -0.3 is 25.0 Å². The number of anilines is 2. The number of hydrogen-bond acceptors (Lipinski definition) is 5. The van der Waals surface area contributed by atoms with E-state index in [1.807, 2.05) is 18.2 Å². The molecule has 1 aliphatic heterocycles. The zero-order chi connectivity index (χ0) is 13.0. The molecule has 1 aliphatic rings. The molecule has 0 unspecified atom stereocenters. The summed E-state index contributed by atoms with van der Waals surface area (Å²) in [6.45, 7) is 4.45. The summed E-state index contributed by atoms with van der Waals surface area (Å²) < 4.78 is 10.4. The van der Waals surface area contributed by atoms with Crippen LogP contribution in [0.3, 0.4) is 0 Å². The van der Waals surface area contributed by atoms with Crippen molar-refractivity contribution in [2.24, 2.45) is 0 Å². The number of hydrogen-bond donors (Lipinski definition) is 1. The zero-order valence-electron chi connectivity index (χ0n) is 11.1. The van der Waals surface area contributed by atoms with Gasteiger partial charge in [0.05, 0.1) is 5.69 Å². The van der Waals surface area contributed by atoms with Gasteiger partial charge in [-0.25, -0.2) is 0 Å². The van der Waals surface area contributed by atoms with Gasteiger partial charge in [0.2, 0.25) is 0 Å². The average Bonchev–Trinajstić information content (AvgIpc) is 2.39. The highest BCUT2D eigenvalue weighted by molar-refractivity contribution is 5.62. The van der Waals surface area contributed by atoms with Gasteiger partial charge in [0.25, 0.3) is 0 Å². The summed E-state index contributed by atoms with van der Waals surface area (Å²) in [5, 5.41) is 0. The van der Waals surface area contributed by atoms with E-state index in [1.165, 1.54) is 0 Å². The van der Waals surface area contributed by atoms with Crippen molar-refractivity contribution in [3.8, 4) is 5.75 Å². The molecule has 1 aromatic rings. The maximum atomic E-state index is 5.87. The number of benzene rings is 1. The molecule has 18 heavy (non-hydrogen) atoms. The molecule has 0 bridgehead atoms. The molecule has 5 nitrogen and oxygen atoms in total. The fourth-order valence-electron chi connectivity index (χ4n) is 2.03. The number of nitrogen functional groups attached to an aromatic ring is 1. The smallest absolute Gasteiger partial charge is 0.188 e. The summed E-state index contributed by atoms with van der Waals surface area (Å²) in [5.41, 5.74) is 7.67. The van der Waals surface area contributed by atoms with Crippen LogP contribution in [0.15, 0.2) is 18.2 Å². The Morgan fingerprint density at radius 1 is 1.22 bits per heavy atom. The van der Waals surface area contributed by atoms with Crippen LogP contribution in [-0.2, 0) is 4.74 Å². The molecule has 0 atom stereocenters. The number of methoxy groups -OCH3 is 1. The van der Waals surface area contributed by atoms with E-state index in [2.05, 4.69) is 16.8 Å². The Labute approximate surface area is 108 Å². The molecule has 1 aromatic carbocycles. The van der Waals surface area contributed by atoms with E-state index >= 15 is 0 Å². The number of nitrogens with zero attached hydrogens (tertiary/aromatic N) is 2. The van der Waals surface area contributed by atoms with Gasteiger partial charge in [-0.3, -0.25) is 0 Å². The summed E-state index contributed by atoms with van der Waals surface area (Å²) in [5.74, 6) is 0.688. The van der Waals surface area contributed by atoms with Crippen LogP contribution in [-0.4, -0.2) is 52.0 Å². The van der Waals surface area contributed by atoms with Crippen LogP contribution in [0.2, 0.25) is 0 Å². The first-order chi connectivity index (χ1) is 8.70. The summed E-state index contributed by atoms with van der Waals surface area (Å²) in [4.78, 5) is 4.68. The number of ether oxygens (including phenoxy) is 2. The highest BCUT2D eigenvalue weighted by atomic mass is 16.7. The van der Waals surface area contributed by atoms with E-state index in [0.717, 1.165) is 31.9 Å². The Morgan fingerprint density at radius 3 is 2.61 bits per heavy atom. The van der Waals surface area contributed by atoms with E-state index in [-0.39, 0.29) is 6.79 Å². The molecule has 2 rings (SSSR count). The Kier molecular flexibility index (Phi) is 4.28. The Hall–Kier alpha value is -1.46. The van der Waals surface area contributed by atoms with Crippen molar-refractivity contribution in [2.75, 3.05) is 57.8 Å². The topological polar surface area (TPSA) is 51.0 Å². The first-order valence-electron chi connectivity index (χ1n) is 6.15. The van der Waals surface area contributed by atoms with Crippen molar-refractivity contribution in [1.29, 1.82) is 0 Å². The van der Waals surface area contributed by atoms with Crippen molar-refractivity contribution in [3.05, 3.63) is 18.2 Å². The minimum atomic E-state index is 0.219. The first kappa shape index (κ1) is 13.0. The molecule has 2 N–H and O–H groups in total. The number of rotatable bonds is 4. The van der Waals surface area contributed by atoms with E-state index < -0.39 is 0 Å². The largest absolute Gasteiger partial charge is 0.465 e. The minimum Gasteiger partial charge on any atom is -0.465 e. The van der Waals surface area contributed by atoms with Crippen LogP contribution in [0.25, 0.3) is 0 Å². The maximum absolute atomic E-state index is 5.87. The lowest BCUT2D eigenvalue weighted by molar-refractivity contribution is 0.0517. The summed E-state index contributed by atoms with van der Waals surface area (Å²) in [6, 6.07) is 5.92. The van der Waals surface area contributed by atoms with Crippen molar-refractivity contribution in [1.82, 2.24) is 4.90 Å². The molecular formula is C13H21N3O2. The average molecular weight is 251 g/mol. The number of nitrogens with two attached hydrogens (primary N) is 1. The molecule has 1 saturated heterocycles. The van der Waals surface area contributed by atoms with Gasteiger partial charge in [-0.05, 0) is 19.2 Å². The standard InChI is InChI=1S/C13H21N3O2/c1-15-5-7-16(8-6-15)11-3-4-12(14)13(9-11)18-10-17-2/h3-4,9H,5-8,10,14H2,1-2H3. The van der Waals surface area contributed by atoms with Crippen LogP contribution >= 0.6 is 0 Å².